The van der Waals surface area contributed by atoms with Crippen molar-refractivity contribution < 1.29 is 9.53 Å². The first-order valence-electron chi connectivity index (χ1n) is 5.95. The molecule has 1 aliphatic rings. The molecule has 1 N–H and O–H groups in total. The number of rotatable bonds is 3. The van der Waals surface area contributed by atoms with Crippen LogP contribution in [0.15, 0.2) is 18.2 Å². The van der Waals surface area contributed by atoms with E-state index in [1.54, 1.807) is 0 Å². The van der Waals surface area contributed by atoms with Crippen LogP contribution in [0.2, 0.25) is 0 Å². The normalized spacial score (nSPS) is 14.6. The molecule has 1 amide bonds. The van der Waals surface area contributed by atoms with Crippen molar-refractivity contribution in [3.63, 3.8) is 0 Å². The van der Waals surface area contributed by atoms with Crippen molar-refractivity contribution in [2.24, 2.45) is 0 Å². The number of hydrogen-bond acceptors (Lipinski definition) is 3. The lowest BCUT2D eigenvalue weighted by molar-refractivity contribution is -0.115. The smallest absolute Gasteiger partial charge is 0.244 e. The van der Waals surface area contributed by atoms with Crippen molar-refractivity contribution in [2.45, 2.75) is 26.8 Å². The molecule has 0 fully saturated rings. The fourth-order valence-corrected chi connectivity index (χ4v) is 2.04. The van der Waals surface area contributed by atoms with E-state index in [1.807, 2.05) is 25.1 Å². The number of amides is 1. The van der Waals surface area contributed by atoms with Crippen LogP contribution in [-0.4, -0.2) is 25.1 Å². The Labute approximate surface area is 102 Å². The van der Waals surface area contributed by atoms with Gasteiger partial charge >= 0.3 is 0 Å². The fourth-order valence-electron chi connectivity index (χ4n) is 2.04. The zero-order valence-electron chi connectivity index (χ0n) is 10.5. The minimum Gasteiger partial charge on any atom is -0.492 e. The van der Waals surface area contributed by atoms with Crippen molar-refractivity contribution in [3.8, 4) is 5.75 Å². The first-order chi connectivity index (χ1) is 8.13. The van der Waals surface area contributed by atoms with Crippen molar-refractivity contribution in [3.05, 3.63) is 18.2 Å². The third kappa shape index (κ3) is 2.20. The van der Waals surface area contributed by atoms with Gasteiger partial charge in [-0.25, -0.2) is 0 Å². The van der Waals surface area contributed by atoms with Gasteiger partial charge in [0.2, 0.25) is 5.91 Å². The quantitative estimate of drug-likeness (QED) is 0.872. The van der Waals surface area contributed by atoms with Gasteiger partial charge in [0.05, 0.1) is 18.8 Å². The van der Waals surface area contributed by atoms with E-state index in [-0.39, 0.29) is 11.9 Å². The number of anilines is 2. The maximum Gasteiger partial charge on any atom is 0.244 e. The summed E-state index contributed by atoms with van der Waals surface area (Å²) in [5.74, 6) is 0.752. The second-order valence-electron chi connectivity index (χ2n) is 4.35. The van der Waals surface area contributed by atoms with Crippen LogP contribution in [0, 0.1) is 0 Å². The van der Waals surface area contributed by atoms with E-state index in [0.717, 1.165) is 17.1 Å². The molecule has 1 aliphatic heterocycles. The van der Waals surface area contributed by atoms with Gasteiger partial charge in [-0.15, -0.1) is 0 Å². The van der Waals surface area contributed by atoms with Gasteiger partial charge in [0, 0.05) is 6.04 Å². The van der Waals surface area contributed by atoms with E-state index in [4.69, 9.17) is 4.74 Å². The van der Waals surface area contributed by atoms with E-state index < -0.39 is 0 Å². The highest BCUT2D eigenvalue weighted by Gasteiger charge is 2.26. The first-order valence-corrected chi connectivity index (χ1v) is 5.95. The lowest BCUT2D eigenvalue weighted by atomic mass is 10.1. The summed E-state index contributed by atoms with van der Waals surface area (Å²) in [5, 5.41) is 2.89. The SMILES string of the molecule is CCOc1cccc2c1NC(=O)CN2C(C)C. The summed E-state index contributed by atoms with van der Waals surface area (Å²) >= 11 is 0. The second-order valence-corrected chi connectivity index (χ2v) is 4.35. The van der Waals surface area contributed by atoms with Gasteiger partial charge in [0.15, 0.2) is 0 Å². The summed E-state index contributed by atoms with van der Waals surface area (Å²) in [6.07, 6.45) is 0. The number of nitrogens with one attached hydrogen (secondary N) is 1. The van der Waals surface area contributed by atoms with E-state index >= 15 is 0 Å². The number of carbonyl (C=O) groups excluding carboxylic acids is 1. The maximum absolute atomic E-state index is 11.7. The first kappa shape index (κ1) is 11.8. The van der Waals surface area contributed by atoms with Gasteiger partial charge in [0.1, 0.15) is 11.4 Å². The average Bonchev–Trinajstić information content (AvgIpc) is 2.29. The number of benzene rings is 1. The molecule has 0 bridgehead atoms. The van der Waals surface area contributed by atoms with Crippen LogP contribution in [-0.2, 0) is 4.79 Å². The largest absolute Gasteiger partial charge is 0.492 e. The third-order valence-corrected chi connectivity index (χ3v) is 2.82. The molecule has 0 spiro atoms. The van der Waals surface area contributed by atoms with Crippen LogP contribution in [0.5, 0.6) is 5.75 Å². The van der Waals surface area contributed by atoms with Gasteiger partial charge in [-0.2, -0.15) is 0 Å². The highest BCUT2D eigenvalue weighted by Crippen LogP contribution is 2.38. The molecule has 1 heterocycles. The Balaban J connectivity index is 2.45. The van der Waals surface area contributed by atoms with E-state index in [2.05, 4.69) is 24.1 Å². The Hall–Kier alpha value is -1.71. The molecular formula is C13H18N2O2. The predicted octanol–water partition coefficient (Wildman–Crippen LogP) is 2.25. The minimum atomic E-state index is 0.0124. The molecule has 2 rings (SSSR count). The Morgan fingerprint density at radius 3 is 2.88 bits per heavy atom. The van der Waals surface area contributed by atoms with Gasteiger partial charge in [-0.05, 0) is 32.9 Å². The Bertz CT molecular complexity index is 429. The monoisotopic (exact) mass is 234 g/mol. The topological polar surface area (TPSA) is 41.6 Å². The molecule has 17 heavy (non-hydrogen) atoms. The van der Waals surface area contributed by atoms with Crippen molar-refractivity contribution in [2.75, 3.05) is 23.4 Å². The summed E-state index contributed by atoms with van der Waals surface area (Å²) < 4.78 is 5.54. The summed E-state index contributed by atoms with van der Waals surface area (Å²) in [6, 6.07) is 6.14. The number of para-hydroxylation sites is 1. The van der Waals surface area contributed by atoms with Crippen molar-refractivity contribution in [1.29, 1.82) is 0 Å². The summed E-state index contributed by atoms with van der Waals surface area (Å²) in [7, 11) is 0. The Morgan fingerprint density at radius 2 is 2.24 bits per heavy atom. The molecule has 1 aromatic rings. The fraction of sp³-hybridized carbons (Fsp3) is 0.462. The zero-order valence-corrected chi connectivity index (χ0v) is 10.5. The van der Waals surface area contributed by atoms with Gasteiger partial charge in [-0.3, -0.25) is 4.79 Å². The molecule has 0 saturated carbocycles. The average molecular weight is 234 g/mol. The van der Waals surface area contributed by atoms with Gasteiger partial charge in [0.25, 0.3) is 0 Å². The number of hydrogen-bond donors (Lipinski definition) is 1. The molecule has 92 valence electrons. The van der Waals surface area contributed by atoms with Crippen molar-refractivity contribution >= 4 is 17.3 Å². The molecule has 0 aliphatic carbocycles. The highest BCUT2D eigenvalue weighted by atomic mass is 16.5. The van der Waals surface area contributed by atoms with E-state index in [1.165, 1.54) is 0 Å². The third-order valence-electron chi connectivity index (χ3n) is 2.82. The lowest BCUT2D eigenvalue weighted by Crippen LogP contribution is -2.42. The van der Waals surface area contributed by atoms with Crippen LogP contribution < -0.4 is 15.0 Å². The molecule has 0 atom stereocenters. The number of carbonyl (C=O) groups is 1. The molecule has 0 unspecified atom stereocenters. The molecule has 4 nitrogen and oxygen atoms in total. The van der Waals surface area contributed by atoms with Crippen LogP contribution in [0.25, 0.3) is 0 Å². The minimum absolute atomic E-state index is 0.0124. The van der Waals surface area contributed by atoms with Crippen LogP contribution in [0.4, 0.5) is 11.4 Å². The number of fused-ring (bicyclic) bond motifs is 1. The molecule has 4 heteroatoms. The maximum atomic E-state index is 11.7. The summed E-state index contributed by atoms with van der Waals surface area (Å²) in [6.45, 7) is 7.09. The molecule has 0 aromatic heterocycles. The predicted molar refractivity (Wildman–Crippen MR) is 68.7 cm³/mol. The standard InChI is InChI=1S/C13H18N2O2/c1-4-17-11-7-5-6-10-13(11)14-12(16)8-15(10)9(2)3/h5-7,9H,4,8H2,1-3H3,(H,14,16). The Morgan fingerprint density at radius 1 is 1.47 bits per heavy atom. The highest BCUT2D eigenvalue weighted by molar-refractivity contribution is 6.03. The van der Waals surface area contributed by atoms with Crippen molar-refractivity contribution in [1.82, 2.24) is 0 Å². The zero-order chi connectivity index (χ0) is 12.4. The van der Waals surface area contributed by atoms with E-state index in [0.29, 0.717) is 13.2 Å². The number of ether oxygens (including phenoxy) is 1. The lowest BCUT2D eigenvalue weighted by Gasteiger charge is -2.34. The Kier molecular flexibility index (Phi) is 3.22. The van der Waals surface area contributed by atoms with Crippen LogP contribution in [0.1, 0.15) is 20.8 Å². The molecule has 1 aromatic carbocycles. The summed E-state index contributed by atoms with van der Waals surface area (Å²) in [5.41, 5.74) is 1.82. The summed E-state index contributed by atoms with van der Waals surface area (Å²) in [4.78, 5) is 13.8. The van der Waals surface area contributed by atoms with E-state index in [9.17, 15) is 4.79 Å². The number of nitrogens with zero attached hydrogens (tertiary/aromatic N) is 1. The molecule has 0 radical (unpaired) electrons. The van der Waals surface area contributed by atoms with Gasteiger partial charge < -0.3 is 15.0 Å². The second kappa shape index (κ2) is 4.65. The molecular weight excluding hydrogens is 216 g/mol. The van der Waals surface area contributed by atoms with Gasteiger partial charge in [-0.1, -0.05) is 6.07 Å². The van der Waals surface area contributed by atoms with Crippen LogP contribution in [0.3, 0.4) is 0 Å². The van der Waals surface area contributed by atoms with Crippen LogP contribution >= 0.6 is 0 Å². The molecule has 0 saturated heterocycles.